The first-order chi connectivity index (χ1) is 20.3. The number of hydrogen-bond acceptors (Lipinski definition) is 6. The van der Waals surface area contributed by atoms with Gasteiger partial charge < -0.3 is 5.11 Å². The number of halogens is 1. The number of aromatic nitrogens is 3. The van der Waals surface area contributed by atoms with Crippen LogP contribution >= 0.6 is 0 Å². The van der Waals surface area contributed by atoms with Crippen LogP contribution in [0.25, 0.3) is 10.9 Å². The zero-order valence-electron chi connectivity index (χ0n) is 24.4. The standard InChI is InChI=1S/C31H32FN5O3.C2H6/c1-36-23(11-13-34-36)19-37-14-12-31(40,22(18-37)15-20-5-3-2-4-6-20)26-8-9-27-25(29(26)32)16-21(17-33-27)24-7-10-28(38)35-30(24)39;1-2/h2-6,8-9,11,13,16-17,22,24,40H,7,10,12,14-15,18-19H2,1H3,(H,35,38,39);1-2H3. The zero-order valence-corrected chi connectivity index (χ0v) is 24.4. The fourth-order valence-electron chi connectivity index (χ4n) is 6.22. The second-order valence-corrected chi connectivity index (χ2v) is 11.0. The number of aryl methyl sites for hydroxylation is 1. The number of pyridine rings is 1. The molecule has 2 N–H and O–H groups in total. The Labute approximate surface area is 245 Å². The van der Waals surface area contributed by atoms with Crippen molar-refractivity contribution in [1.82, 2.24) is 25.0 Å². The van der Waals surface area contributed by atoms with Crippen LogP contribution in [0.1, 0.15) is 61.4 Å². The fraction of sp³-hybridized carbons (Fsp3) is 0.394. The van der Waals surface area contributed by atoms with Crippen molar-refractivity contribution < 1.29 is 19.1 Å². The van der Waals surface area contributed by atoms with Crippen LogP contribution in [0.15, 0.2) is 67.0 Å². The predicted molar refractivity (Wildman–Crippen MR) is 159 cm³/mol. The van der Waals surface area contributed by atoms with Crippen LogP contribution in [-0.2, 0) is 35.2 Å². The maximum absolute atomic E-state index is 16.4. The number of amides is 2. The van der Waals surface area contributed by atoms with Crippen molar-refractivity contribution in [2.75, 3.05) is 13.1 Å². The minimum atomic E-state index is -1.40. The van der Waals surface area contributed by atoms with Gasteiger partial charge in [-0.05, 0) is 48.6 Å². The summed E-state index contributed by atoms with van der Waals surface area (Å²) in [4.78, 5) is 30.8. The third kappa shape index (κ3) is 5.84. The molecule has 3 atom stereocenters. The third-order valence-corrected chi connectivity index (χ3v) is 8.52. The number of nitrogens with zero attached hydrogens (tertiary/aromatic N) is 4. The number of benzene rings is 2. The predicted octanol–water partition coefficient (Wildman–Crippen LogP) is 4.61. The van der Waals surface area contributed by atoms with Crippen molar-refractivity contribution in [3.05, 3.63) is 95.2 Å². The van der Waals surface area contributed by atoms with Gasteiger partial charge >= 0.3 is 0 Å². The van der Waals surface area contributed by atoms with E-state index in [9.17, 15) is 14.7 Å². The van der Waals surface area contributed by atoms with Gasteiger partial charge in [0.15, 0.2) is 0 Å². The Hall–Kier alpha value is -3.95. The molecule has 2 aromatic heterocycles. The summed E-state index contributed by atoms with van der Waals surface area (Å²) in [6.45, 7) is 5.87. The average Bonchev–Trinajstić information content (AvgIpc) is 3.40. The molecule has 220 valence electrons. The Bertz CT molecular complexity index is 1570. The second kappa shape index (κ2) is 12.5. The highest BCUT2D eigenvalue weighted by molar-refractivity contribution is 6.01. The Morgan fingerprint density at radius 3 is 2.62 bits per heavy atom. The van der Waals surface area contributed by atoms with E-state index in [-0.39, 0.29) is 29.2 Å². The first kappa shape index (κ1) is 29.5. The van der Waals surface area contributed by atoms with Gasteiger partial charge in [0.25, 0.3) is 0 Å². The van der Waals surface area contributed by atoms with Crippen LogP contribution in [0.5, 0.6) is 0 Å². The van der Waals surface area contributed by atoms with E-state index in [1.54, 1.807) is 30.6 Å². The van der Waals surface area contributed by atoms with Gasteiger partial charge in [-0.25, -0.2) is 4.39 Å². The van der Waals surface area contributed by atoms with E-state index >= 15 is 4.39 Å². The maximum atomic E-state index is 16.4. The number of fused-ring (bicyclic) bond motifs is 1. The summed E-state index contributed by atoms with van der Waals surface area (Å²) in [5.74, 6) is -2.04. The van der Waals surface area contributed by atoms with Crippen LogP contribution in [0, 0.1) is 11.7 Å². The first-order valence-electron chi connectivity index (χ1n) is 14.7. The first-order valence-corrected chi connectivity index (χ1v) is 14.7. The van der Waals surface area contributed by atoms with Gasteiger partial charge in [-0.3, -0.25) is 29.5 Å². The van der Waals surface area contributed by atoms with E-state index in [0.717, 1.165) is 11.3 Å². The minimum absolute atomic E-state index is 0.229. The molecule has 0 spiro atoms. The molecule has 0 bridgehead atoms. The van der Waals surface area contributed by atoms with Crippen molar-refractivity contribution in [2.45, 2.75) is 57.6 Å². The van der Waals surface area contributed by atoms with Crippen molar-refractivity contribution >= 4 is 22.7 Å². The molecule has 0 aliphatic carbocycles. The molecule has 0 saturated carbocycles. The lowest BCUT2D eigenvalue weighted by atomic mass is 9.72. The van der Waals surface area contributed by atoms with E-state index in [2.05, 4.69) is 20.3 Å². The van der Waals surface area contributed by atoms with E-state index in [1.807, 2.05) is 62.0 Å². The van der Waals surface area contributed by atoms with Crippen LogP contribution in [0.2, 0.25) is 0 Å². The number of piperidine rings is 2. The smallest absolute Gasteiger partial charge is 0.234 e. The molecule has 2 aliphatic rings. The molecule has 2 aromatic carbocycles. The van der Waals surface area contributed by atoms with Crippen molar-refractivity contribution in [2.24, 2.45) is 13.0 Å². The molecule has 2 amide bonds. The lowest BCUT2D eigenvalue weighted by Gasteiger charge is -2.45. The normalized spacial score (nSPS) is 22.9. The van der Waals surface area contributed by atoms with Gasteiger partial charge in [0.1, 0.15) is 5.82 Å². The molecule has 0 radical (unpaired) electrons. The summed E-state index contributed by atoms with van der Waals surface area (Å²) < 4.78 is 18.2. The SMILES string of the molecule is CC.Cn1nccc1CN1CCC(O)(c2ccc3ncc(C4CCC(=O)NC4=O)cc3c2F)C(Cc2ccccc2)C1. The van der Waals surface area contributed by atoms with Gasteiger partial charge in [0.2, 0.25) is 11.8 Å². The summed E-state index contributed by atoms with van der Waals surface area (Å²) in [7, 11) is 1.92. The molecule has 8 nitrogen and oxygen atoms in total. The molecule has 2 fully saturated rings. The summed E-state index contributed by atoms with van der Waals surface area (Å²) in [6, 6.07) is 17.0. The van der Waals surface area contributed by atoms with Gasteiger partial charge in [0, 0.05) is 62.4 Å². The number of imide groups is 1. The molecule has 9 heteroatoms. The highest BCUT2D eigenvalue weighted by Gasteiger charge is 2.45. The van der Waals surface area contributed by atoms with Crippen LogP contribution in [-0.4, -0.2) is 49.7 Å². The van der Waals surface area contributed by atoms with Crippen molar-refractivity contribution in [3.8, 4) is 0 Å². The van der Waals surface area contributed by atoms with Crippen LogP contribution in [0.3, 0.4) is 0 Å². The molecular weight excluding hydrogens is 533 g/mol. The third-order valence-electron chi connectivity index (χ3n) is 8.52. The summed E-state index contributed by atoms with van der Waals surface area (Å²) in [5, 5.41) is 19.2. The molecule has 2 aliphatic heterocycles. The molecule has 42 heavy (non-hydrogen) atoms. The lowest BCUT2D eigenvalue weighted by molar-refractivity contribution is -0.134. The molecule has 3 unspecified atom stereocenters. The Balaban J connectivity index is 0.00000173. The van der Waals surface area contributed by atoms with Gasteiger partial charge in [-0.2, -0.15) is 5.10 Å². The number of likely N-dealkylation sites (tertiary alicyclic amines) is 1. The monoisotopic (exact) mass is 571 g/mol. The quantitative estimate of drug-likeness (QED) is 0.328. The Morgan fingerprint density at radius 2 is 1.90 bits per heavy atom. The van der Waals surface area contributed by atoms with Crippen molar-refractivity contribution in [1.29, 1.82) is 0 Å². The Morgan fingerprint density at radius 1 is 1.12 bits per heavy atom. The summed E-state index contributed by atoms with van der Waals surface area (Å²) >= 11 is 0. The van der Waals surface area contributed by atoms with E-state index < -0.39 is 23.2 Å². The highest BCUT2D eigenvalue weighted by Crippen LogP contribution is 2.42. The van der Waals surface area contributed by atoms with Gasteiger partial charge in [-0.15, -0.1) is 0 Å². The molecule has 4 aromatic rings. The second-order valence-electron chi connectivity index (χ2n) is 11.0. The summed E-state index contributed by atoms with van der Waals surface area (Å²) in [6.07, 6.45) is 4.89. The number of rotatable bonds is 6. The van der Waals surface area contributed by atoms with Crippen molar-refractivity contribution in [3.63, 3.8) is 0 Å². The van der Waals surface area contributed by atoms with Gasteiger partial charge in [-0.1, -0.05) is 50.2 Å². The molecular formula is C33H38FN5O3. The fourth-order valence-corrected chi connectivity index (χ4v) is 6.22. The maximum Gasteiger partial charge on any atom is 0.234 e. The molecule has 2 saturated heterocycles. The topological polar surface area (TPSA) is 100 Å². The minimum Gasteiger partial charge on any atom is -0.385 e. The summed E-state index contributed by atoms with van der Waals surface area (Å²) in [5.41, 5.74) is 2.02. The van der Waals surface area contributed by atoms with E-state index in [0.29, 0.717) is 50.0 Å². The number of carbonyl (C=O) groups excluding carboxylic acids is 2. The molecule has 4 heterocycles. The highest BCUT2D eigenvalue weighted by atomic mass is 19.1. The van der Waals surface area contributed by atoms with E-state index in [4.69, 9.17) is 0 Å². The number of carbonyl (C=O) groups is 2. The van der Waals surface area contributed by atoms with E-state index in [1.165, 1.54) is 0 Å². The Kier molecular flexibility index (Phi) is 8.80. The van der Waals surface area contributed by atoms with Crippen LogP contribution in [0.4, 0.5) is 4.39 Å². The molecule has 6 rings (SSSR count). The number of aliphatic hydroxyl groups is 1. The number of hydrogen-bond donors (Lipinski definition) is 2. The number of nitrogens with one attached hydrogen (secondary N) is 1. The lowest BCUT2D eigenvalue weighted by Crippen LogP contribution is -2.51. The van der Waals surface area contributed by atoms with Crippen LogP contribution < -0.4 is 5.32 Å². The largest absolute Gasteiger partial charge is 0.385 e. The zero-order chi connectivity index (χ0) is 29.9. The van der Waals surface area contributed by atoms with Gasteiger partial charge in [0.05, 0.1) is 22.7 Å². The average molecular weight is 572 g/mol.